The third-order valence-corrected chi connectivity index (χ3v) is 2.84. The van der Waals surface area contributed by atoms with E-state index in [2.05, 4.69) is 0 Å². The van der Waals surface area contributed by atoms with Gasteiger partial charge in [-0.15, -0.1) is 0 Å². The third kappa shape index (κ3) is 4.21. The molecule has 0 fully saturated rings. The Morgan fingerprint density at radius 2 is 1.75 bits per heavy atom. The maximum atomic E-state index is 11.8. The molecule has 0 spiro atoms. The Bertz CT molecular complexity index is 507. The van der Waals surface area contributed by atoms with Crippen LogP contribution >= 0.6 is 11.6 Å². The third-order valence-electron chi connectivity index (χ3n) is 2.58. The fourth-order valence-electron chi connectivity index (χ4n) is 1.65. The number of carbonyl (C=O) groups is 2. The number of rotatable bonds is 4. The smallest absolute Gasteiger partial charge is 0.328 e. The van der Waals surface area contributed by atoms with E-state index in [-0.39, 0.29) is 0 Å². The van der Waals surface area contributed by atoms with Crippen molar-refractivity contribution in [1.82, 2.24) is 0 Å². The van der Waals surface area contributed by atoms with E-state index in [0.717, 1.165) is 0 Å². The van der Waals surface area contributed by atoms with Crippen molar-refractivity contribution < 1.29 is 19.4 Å². The highest BCUT2D eigenvalue weighted by atomic mass is 35.5. The SMILES string of the molecule is CC(C)(C)OC(=O)CC(N)(C(=O)O)c1ccc(Cl)cc1. The molecule has 110 valence electrons. The van der Waals surface area contributed by atoms with Crippen molar-refractivity contribution in [3.8, 4) is 0 Å². The minimum atomic E-state index is -1.84. The number of ether oxygens (including phenoxy) is 1. The number of hydrogen-bond donors (Lipinski definition) is 2. The molecule has 0 saturated carbocycles. The molecule has 1 aromatic carbocycles. The number of carbonyl (C=O) groups excluding carboxylic acids is 1. The van der Waals surface area contributed by atoms with Crippen LogP contribution in [0.15, 0.2) is 24.3 Å². The van der Waals surface area contributed by atoms with Gasteiger partial charge in [0, 0.05) is 5.02 Å². The fraction of sp³-hybridized carbons (Fsp3) is 0.429. The van der Waals surface area contributed by atoms with Crippen LogP contribution in [0.4, 0.5) is 0 Å². The summed E-state index contributed by atoms with van der Waals surface area (Å²) in [5, 5.41) is 9.79. The van der Waals surface area contributed by atoms with Gasteiger partial charge < -0.3 is 15.6 Å². The summed E-state index contributed by atoms with van der Waals surface area (Å²) in [4.78, 5) is 23.3. The second-order valence-corrected chi connectivity index (χ2v) is 5.98. The molecule has 1 unspecified atom stereocenters. The predicted molar refractivity (Wildman–Crippen MR) is 75.4 cm³/mol. The quantitative estimate of drug-likeness (QED) is 0.833. The molecule has 20 heavy (non-hydrogen) atoms. The Labute approximate surface area is 122 Å². The van der Waals surface area contributed by atoms with Gasteiger partial charge in [0.15, 0.2) is 5.54 Å². The normalized spacial score (nSPS) is 14.4. The maximum Gasteiger partial charge on any atom is 0.328 e. The number of nitrogens with two attached hydrogens (primary N) is 1. The zero-order chi connectivity index (χ0) is 15.6. The first-order chi connectivity index (χ1) is 9.04. The molecule has 0 heterocycles. The van der Waals surface area contributed by atoms with Crippen LogP contribution in [-0.2, 0) is 19.9 Å². The largest absolute Gasteiger partial charge is 0.480 e. The Hall–Kier alpha value is -1.59. The first-order valence-corrected chi connectivity index (χ1v) is 6.42. The maximum absolute atomic E-state index is 11.8. The van der Waals surface area contributed by atoms with Crippen LogP contribution in [0.25, 0.3) is 0 Å². The molecule has 6 heteroatoms. The van der Waals surface area contributed by atoms with Gasteiger partial charge in [0.05, 0.1) is 6.42 Å². The summed E-state index contributed by atoms with van der Waals surface area (Å²) >= 11 is 5.75. The van der Waals surface area contributed by atoms with Crippen LogP contribution < -0.4 is 5.73 Å². The fourth-order valence-corrected chi connectivity index (χ4v) is 1.78. The zero-order valence-corrected chi connectivity index (χ0v) is 12.4. The average Bonchev–Trinajstić information content (AvgIpc) is 2.26. The van der Waals surface area contributed by atoms with Crippen LogP contribution in [0, 0.1) is 0 Å². The van der Waals surface area contributed by atoms with E-state index in [4.69, 9.17) is 22.1 Å². The number of aliphatic carboxylic acids is 1. The second-order valence-electron chi connectivity index (χ2n) is 5.55. The van der Waals surface area contributed by atoms with Gasteiger partial charge in [-0.1, -0.05) is 23.7 Å². The summed E-state index contributed by atoms with van der Waals surface area (Å²) < 4.78 is 5.12. The number of carboxylic acids is 1. The molecule has 0 aliphatic carbocycles. The molecule has 0 radical (unpaired) electrons. The lowest BCUT2D eigenvalue weighted by molar-refractivity contribution is -0.161. The van der Waals surface area contributed by atoms with Gasteiger partial charge in [0.25, 0.3) is 0 Å². The van der Waals surface area contributed by atoms with Crippen LogP contribution in [0.1, 0.15) is 32.8 Å². The summed E-state index contributed by atoms with van der Waals surface area (Å²) in [6.45, 7) is 5.10. The van der Waals surface area contributed by atoms with Crippen molar-refractivity contribution in [1.29, 1.82) is 0 Å². The molecule has 0 aromatic heterocycles. The Balaban J connectivity index is 3.01. The standard InChI is InChI=1S/C14H18ClNO4/c1-13(2,3)20-11(17)8-14(16,12(18)19)9-4-6-10(15)7-5-9/h4-7H,8,16H2,1-3H3,(H,18,19). The van der Waals surface area contributed by atoms with Crippen molar-refractivity contribution >= 4 is 23.5 Å². The van der Waals surface area contributed by atoms with Gasteiger partial charge in [-0.25, -0.2) is 4.79 Å². The van der Waals surface area contributed by atoms with Crippen molar-refractivity contribution in [2.45, 2.75) is 38.3 Å². The molecule has 1 atom stereocenters. The summed E-state index contributed by atoms with van der Waals surface area (Å²) in [5.41, 5.74) is 3.64. The molecule has 0 saturated heterocycles. The predicted octanol–water partition coefficient (Wildman–Crippen LogP) is 2.31. The average molecular weight is 300 g/mol. The van der Waals surface area contributed by atoms with E-state index in [1.165, 1.54) is 24.3 Å². The van der Waals surface area contributed by atoms with E-state index >= 15 is 0 Å². The van der Waals surface area contributed by atoms with E-state index in [1.807, 2.05) is 0 Å². The summed E-state index contributed by atoms with van der Waals surface area (Å²) in [5.74, 6) is -1.97. The van der Waals surface area contributed by atoms with Crippen LogP contribution in [0.5, 0.6) is 0 Å². The highest BCUT2D eigenvalue weighted by Gasteiger charge is 2.39. The van der Waals surface area contributed by atoms with E-state index in [1.54, 1.807) is 20.8 Å². The molecular weight excluding hydrogens is 282 g/mol. The lowest BCUT2D eigenvalue weighted by Gasteiger charge is -2.27. The molecule has 3 N–H and O–H groups in total. The van der Waals surface area contributed by atoms with E-state index in [0.29, 0.717) is 10.6 Å². The Kier molecular flexibility index (Phi) is 4.78. The van der Waals surface area contributed by atoms with Crippen molar-refractivity contribution in [2.75, 3.05) is 0 Å². The summed E-state index contributed by atoms with van der Waals surface area (Å²) in [7, 11) is 0. The minimum Gasteiger partial charge on any atom is -0.480 e. The molecule has 5 nitrogen and oxygen atoms in total. The van der Waals surface area contributed by atoms with Gasteiger partial charge in [-0.05, 0) is 38.5 Å². The number of halogens is 1. The lowest BCUT2D eigenvalue weighted by Crippen LogP contribution is -2.47. The molecule has 1 rings (SSSR count). The monoisotopic (exact) mass is 299 g/mol. The van der Waals surface area contributed by atoms with Crippen molar-refractivity contribution in [3.63, 3.8) is 0 Å². The zero-order valence-electron chi connectivity index (χ0n) is 11.6. The molecule has 0 aliphatic heterocycles. The number of esters is 1. The van der Waals surface area contributed by atoms with Gasteiger partial charge >= 0.3 is 11.9 Å². The number of carboxylic acid groups (broad SMARTS) is 1. The van der Waals surface area contributed by atoms with Crippen LogP contribution in [0.2, 0.25) is 5.02 Å². The molecule has 1 aromatic rings. The first-order valence-electron chi connectivity index (χ1n) is 6.05. The second kappa shape index (κ2) is 5.81. The van der Waals surface area contributed by atoms with E-state index < -0.39 is 29.5 Å². The molecule has 0 aliphatic rings. The molecule has 0 bridgehead atoms. The van der Waals surface area contributed by atoms with Gasteiger partial charge in [-0.2, -0.15) is 0 Å². The topological polar surface area (TPSA) is 89.6 Å². The number of hydrogen-bond acceptors (Lipinski definition) is 4. The van der Waals surface area contributed by atoms with Crippen molar-refractivity contribution in [2.24, 2.45) is 5.73 Å². The first kappa shape index (κ1) is 16.5. The number of benzene rings is 1. The Morgan fingerprint density at radius 1 is 1.25 bits per heavy atom. The van der Waals surface area contributed by atoms with Gasteiger partial charge in [0.2, 0.25) is 0 Å². The van der Waals surface area contributed by atoms with Crippen LogP contribution in [0.3, 0.4) is 0 Å². The Morgan fingerprint density at radius 3 is 2.15 bits per heavy atom. The van der Waals surface area contributed by atoms with Gasteiger partial charge in [0.1, 0.15) is 5.60 Å². The highest BCUT2D eigenvalue weighted by molar-refractivity contribution is 6.30. The van der Waals surface area contributed by atoms with E-state index in [9.17, 15) is 14.7 Å². The molecular formula is C14H18ClNO4. The van der Waals surface area contributed by atoms with Gasteiger partial charge in [-0.3, -0.25) is 4.79 Å². The van der Waals surface area contributed by atoms with Crippen molar-refractivity contribution in [3.05, 3.63) is 34.9 Å². The molecule has 0 amide bonds. The lowest BCUT2D eigenvalue weighted by atomic mass is 9.87. The minimum absolute atomic E-state index is 0.292. The summed E-state index contributed by atoms with van der Waals surface area (Å²) in [6, 6.07) is 6.02. The highest BCUT2D eigenvalue weighted by Crippen LogP contribution is 2.26. The van der Waals surface area contributed by atoms with Crippen LogP contribution in [-0.4, -0.2) is 22.6 Å². The summed E-state index contributed by atoms with van der Waals surface area (Å²) in [6.07, 6.45) is -0.457.